The van der Waals surface area contributed by atoms with Crippen LogP contribution in [0.1, 0.15) is 26.2 Å². The molecule has 1 aliphatic heterocycles. The molecule has 18 heavy (non-hydrogen) atoms. The summed E-state index contributed by atoms with van der Waals surface area (Å²) in [4.78, 5) is 11.2. The van der Waals surface area contributed by atoms with Crippen LogP contribution in [0, 0.1) is 5.92 Å². The van der Waals surface area contributed by atoms with Crippen LogP contribution < -0.4 is 10.0 Å². The number of hydrogen-bond donors (Lipinski definition) is 2. The van der Waals surface area contributed by atoms with E-state index < -0.39 is 21.7 Å². The van der Waals surface area contributed by atoms with Crippen LogP contribution in [0.15, 0.2) is 0 Å². The molecule has 2 fully saturated rings. The van der Waals surface area contributed by atoms with Crippen molar-refractivity contribution in [2.75, 3.05) is 18.9 Å². The Labute approximate surface area is 108 Å². The van der Waals surface area contributed by atoms with Crippen LogP contribution in [0.3, 0.4) is 0 Å². The molecule has 1 heterocycles. The Morgan fingerprint density at radius 2 is 2.17 bits per heavy atom. The fourth-order valence-electron chi connectivity index (χ4n) is 2.85. The molecule has 1 aliphatic carbocycles. The second-order valence-electron chi connectivity index (χ2n) is 5.06. The van der Waals surface area contributed by atoms with E-state index in [0.29, 0.717) is 12.0 Å². The summed E-state index contributed by atoms with van der Waals surface area (Å²) in [5, 5.41) is 3.37. The molecule has 0 radical (unpaired) electrons. The maximum absolute atomic E-state index is 11.8. The van der Waals surface area contributed by atoms with Crippen molar-refractivity contribution in [3.63, 3.8) is 0 Å². The lowest BCUT2D eigenvalue weighted by Gasteiger charge is -2.27. The summed E-state index contributed by atoms with van der Waals surface area (Å²) in [6.07, 6.45) is 2.79. The normalized spacial score (nSPS) is 31.3. The quantitative estimate of drug-likeness (QED) is 0.668. The Balaban J connectivity index is 1.86. The molecule has 2 bridgehead atoms. The van der Waals surface area contributed by atoms with E-state index in [9.17, 15) is 13.2 Å². The first kappa shape index (κ1) is 13.8. The van der Waals surface area contributed by atoms with E-state index >= 15 is 0 Å². The van der Waals surface area contributed by atoms with Crippen molar-refractivity contribution in [2.24, 2.45) is 5.92 Å². The van der Waals surface area contributed by atoms with Crippen molar-refractivity contribution in [2.45, 2.75) is 38.3 Å². The first-order valence-corrected chi connectivity index (χ1v) is 8.02. The van der Waals surface area contributed by atoms with Gasteiger partial charge < -0.3 is 10.1 Å². The molecule has 1 saturated heterocycles. The average Bonchev–Trinajstić information content (AvgIpc) is 2.56. The molecule has 104 valence electrons. The van der Waals surface area contributed by atoms with Gasteiger partial charge in [0.05, 0.1) is 6.61 Å². The Morgan fingerprint density at radius 3 is 2.83 bits per heavy atom. The number of ether oxygens (including phenoxy) is 1. The number of esters is 1. The summed E-state index contributed by atoms with van der Waals surface area (Å²) < 4.78 is 30.8. The summed E-state index contributed by atoms with van der Waals surface area (Å²) in [6.45, 7) is 2.83. The highest BCUT2D eigenvalue weighted by atomic mass is 32.2. The SMILES string of the molecule is CCOC(=O)CS(=O)(=O)NC1CC2CNC(C2)C1. The van der Waals surface area contributed by atoms with Crippen molar-refractivity contribution >= 4 is 16.0 Å². The van der Waals surface area contributed by atoms with Crippen molar-refractivity contribution in [3.05, 3.63) is 0 Å². The summed E-state index contributed by atoms with van der Waals surface area (Å²) in [7, 11) is -3.57. The fourth-order valence-corrected chi connectivity index (χ4v) is 4.03. The molecule has 3 unspecified atom stereocenters. The van der Waals surface area contributed by atoms with Gasteiger partial charge in [-0.2, -0.15) is 0 Å². The Morgan fingerprint density at radius 1 is 1.39 bits per heavy atom. The predicted molar refractivity (Wildman–Crippen MR) is 66.5 cm³/mol. The van der Waals surface area contributed by atoms with Crippen LogP contribution in [0.2, 0.25) is 0 Å². The van der Waals surface area contributed by atoms with E-state index in [4.69, 9.17) is 0 Å². The molecule has 0 aromatic carbocycles. The third-order valence-electron chi connectivity index (χ3n) is 3.46. The third kappa shape index (κ3) is 3.66. The number of hydrogen-bond acceptors (Lipinski definition) is 5. The summed E-state index contributed by atoms with van der Waals surface area (Å²) >= 11 is 0. The van der Waals surface area contributed by atoms with Crippen LogP contribution in [0.4, 0.5) is 0 Å². The van der Waals surface area contributed by atoms with Gasteiger partial charge >= 0.3 is 5.97 Å². The highest BCUT2D eigenvalue weighted by Gasteiger charge is 2.35. The molecule has 2 N–H and O–H groups in total. The van der Waals surface area contributed by atoms with E-state index in [1.54, 1.807) is 6.92 Å². The zero-order valence-electron chi connectivity index (χ0n) is 10.5. The van der Waals surface area contributed by atoms with Crippen LogP contribution in [-0.2, 0) is 19.6 Å². The second kappa shape index (κ2) is 5.54. The lowest BCUT2D eigenvalue weighted by molar-refractivity contribution is -0.139. The zero-order valence-corrected chi connectivity index (χ0v) is 11.3. The maximum atomic E-state index is 11.8. The van der Waals surface area contributed by atoms with Gasteiger partial charge in [0.25, 0.3) is 0 Å². The summed E-state index contributed by atoms with van der Waals surface area (Å²) in [6, 6.07) is 0.363. The Bertz CT molecular complexity index is 397. The lowest BCUT2D eigenvalue weighted by Crippen LogP contribution is -2.43. The Hall–Kier alpha value is -0.660. The highest BCUT2D eigenvalue weighted by molar-refractivity contribution is 7.90. The molecule has 0 spiro atoms. The van der Waals surface area contributed by atoms with E-state index in [-0.39, 0.29) is 12.6 Å². The topological polar surface area (TPSA) is 84.5 Å². The number of carbonyl (C=O) groups excluding carboxylic acids is 1. The smallest absolute Gasteiger partial charge is 0.322 e. The van der Waals surface area contributed by atoms with E-state index in [1.165, 1.54) is 0 Å². The molecule has 0 aromatic rings. The highest BCUT2D eigenvalue weighted by Crippen LogP contribution is 2.29. The zero-order chi connectivity index (χ0) is 13.2. The number of rotatable bonds is 5. The molecule has 3 atom stereocenters. The lowest BCUT2D eigenvalue weighted by atomic mass is 9.87. The second-order valence-corrected chi connectivity index (χ2v) is 6.81. The molecule has 2 aliphatic rings. The van der Waals surface area contributed by atoms with Crippen molar-refractivity contribution in [3.8, 4) is 0 Å². The minimum Gasteiger partial charge on any atom is -0.465 e. The molecule has 0 aromatic heterocycles. The van der Waals surface area contributed by atoms with E-state index in [2.05, 4.69) is 14.8 Å². The molecular formula is C11H20N2O4S. The van der Waals surface area contributed by atoms with Gasteiger partial charge in [-0.25, -0.2) is 13.1 Å². The van der Waals surface area contributed by atoms with Gasteiger partial charge in [0.2, 0.25) is 10.0 Å². The van der Waals surface area contributed by atoms with E-state index in [0.717, 1.165) is 25.8 Å². The number of sulfonamides is 1. The maximum Gasteiger partial charge on any atom is 0.322 e. The first-order chi connectivity index (χ1) is 8.48. The molecule has 0 amide bonds. The first-order valence-electron chi connectivity index (χ1n) is 6.37. The summed E-state index contributed by atoms with van der Waals surface area (Å²) in [5.74, 6) is -0.721. The molecule has 6 nitrogen and oxygen atoms in total. The minimum atomic E-state index is -3.57. The van der Waals surface area contributed by atoms with Crippen LogP contribution >= 0.6 is 0 Å². The fraction of sp³-hybridized carbons (Fsp3) is 0.909. The monoisotopic (exact) mass is 276 g/mol. The number of fused-ring (bicyclic) bond motifs is 2. The molecular weight excluding hydrogens is 256 g/mol. The van der Waals surface area contributed by atoms with Crippen molar-refractivity contribution in [1.29, 1.82) is 0 Å². The average molecular weight is 276 g/mol. The van der Waals surface area contributed by atoms with Gasteiger partial charge in [0.15, 0.2) is 5.75 Å². The third-order valence-corrected chi connectivity index (χ3v) is 4.77. The summed E-state index contributed by atoms with van der Waals surface area (Å²) in [5.41, 5.74) is 0. The van der Waals surface area contributed by atoms with Gasteiger partial charge in [0.1, 0.15) is 0 Å². The number of carbonyl (C=O) groups is 1. The largest absolute Gasteiger partial charge is 0.465 e. The van der Waals surface area contributed by atoms with Crippen LogP contribution in [-0.4, -0.2) is 45.4 Å². The number of nitrogens with one attached hydrogen (secondary N) is 2. The van der Waals surface area contributed by atoms with E-state index in [1.807, 2.05) is 0 Å². The van der Waals surface area contributed by atoms with Gasteiger partial charge in [-0.15, -0.1) is 0 Å². The Kier molecular flexibility index (Phi) is 4.24. The van der Waals surface area contributed by atoms with Gasteiger partial charge in [-0.1, -0.05) is 0 Å². The van der Waals surface area contributed by atoms with Crippen LogP contribution in [0.25, 0.3) is 0 Å². The predicted octanol–water partition coefficient (Wildman–Crippen LogP) is -0.391. The molecule has 7 heteroatoms. The van der Waals surface area contributed by atoms with Crippen molar-refractivity contribution < 1.29 is 17.9 Å². The van der Waals surface area contributed by atoms with Gasteiger partial charge in [0, 0.05) is 12.1 Å². The standard InChI is InChI=1S/C11H20N2O4S/c1-2-17-11(14)7-18(15,16)13-10-4-8-3-9(5-10)12-6-8/h8-10,12-13H,2-7H2,1H3. The van der Waals surface area contributed by atoms with Crippen molar-refractivity contribution in [1.82, 2.24) is 10.0 Å². The van der Waals surface area contributed by atoms with Gasteiger partial charge in [-0.05, 0) is 38.6 Å². The van der Waals surface area contributed by atoms with Crippen LogP contribution in [0.5, 0.6) is 0 Å². The molecule has 1 saturated carbocycles. The minimum absolute atomic E-state index is 0.0526. The molecule has 2 rings (SSSR count). The van der Waals surface area contributed by atoms with Gasteiger partial charge in [-0.3, -0.25) is 4.79 Å².